The van der Waals surface area contributed by atoms with Gasteiger partial charge in [-0.15, -0.1) is 13.2 Å². The predicted octanol–water partition coefficient (Wildman–Crippen LogP) is 5.39. The number of hydrogen-bond acceptors (Lipinski definition) is 6. The maximum absolute atomic E-state index is 13.5. The number of rotatable bonds is 19. The van der Waals surface area contributed by atoms with Crippen molar-refractivity contribution in [3.63, 3.8) is 0 Å². The largest absolute Gasteiger partial charge is 0.463 e. The third kappa shape index (κ3) is 11.7. The van der Waals surface area contributed by atoms with Crippen molar-refractivity contribution in [3.05, 3.63) is 97.1 Å². The van der Waals surface area contributed by atoms with Crippen LogP contribution < -0.4 is 10.6 Å². The van der Waals surface area contributed by atoms with Gasteiger partial charge in [0.25, 0.3) is 0 Å². The summed E-state index contributed by atoms with van der Waals surface area (Å²) < 4.78 is 5.79. The maximum atomic E-state index is 13.5. The molecule has 0 unspecified atom stereocenters. The van der Waals surface area contributed by atoms with Crippen LogP contribution in [0, 0.1) is 11.8 Å². The second-order valence-corrected chi connectivity index (χ2v) is 12.4. The van der Waals surface area contributed by atoms with E-state index in [1.807, 2.05) is 60.7 Å². The molecule has 0 radical (unpaired) electrons. The molecule has 43 heavy (non-hydrogen) atoms. The van der Waals surface area contributed by atoms with Gasteiger partial charge < -0.3 is 20.5 Å². The maximum Gasteiger partial charge on any atom is 0.309 e. The van der Waals surface area contributed by atoms with E-state index < -0.39 is 17.5 Å². The fourth-order valence-electron chi connectivity index (χ4n) is 5.44. The lowest BCUT2D eigenvalue weighted by molar-refractivity contribution is -0.149. The van der Waals surface area contributed by atoms with Crippen molar-refractivity contribution in [3.8, 4) is 0 Å². The van der Waals surface area contributed by atoms with E-state index in [0.717, 1.165) is 42.6 Å². The average Bonchev–Trinajstić information content (AvgIpc) is 3.49. The molecule has 0 heterocycles. The molecule has 1 aliphatic rings. The summed E-state index contributed by atoms with van der Waals surface area (Å²) in [5.74, 6) is -0.599. The Kier molecular flexibility index (Phi) is 14.6. The molecule has 0 aromatic heterocycles. The summed E-state index contributed by atoms with van der Waals surface area (Å²) in [6.45, 7) is 7.50. The molecule has 2 aromatic carbocycles. The minimum atomic E-state index is -0.626. The quantitative estimate of drug-likeness (QED) is 0.146. The summed E-state index contributed by atoms with van der Waals surface area (Å²) in [6.07, 6.45) is 8.08. The van der Waals surface area contributed by atoms with Gasteiger partial charge in [-0.3, -0.25) is 14.4 Å². The summed E-state index contributed by atoms with van der Waals surface area (Å²) in [4.78, 5) is 39.6. The highest BCUT2D eigenvalue weighted by molar-refractivity contribution is 7.98. The van der Waals surface area contributed by atoms with Crippen molar-refractivity contribution in [2.24, 2.45) is 11.8 Å². The van der Waals surface area contributed by atoms with Crippen LogP contribution in [0.3, 0.4) is 0 Å². The Bertz CT molecular complexity index is 1170. The minimum Gasteiger partial charge on any atom is -0.463 e. The Labute approximate surface area is 260 Å². The van der Waals surface area contributed by atoms with E-state index in [2.05, 4.69) is 23.8 Å². The van der Waals surface area contributed by atoms with Crippen LogP contribution in [0.4, 0.5) is 0 Å². The molecular formula is C35H46N2O5S. The lowest BCUT2D eigenvalue weighted by Crippen LogP contribution is -2.50. The van der Waals surface area contributed by atoms with Crippen molar-refractivity contribution < 1.29 is 24.2 Å². The Morgan fingerprint density at radius 1 is 0.930 bits per heavy atom. The Morgan fingerprint density at radius 3 is 2.14 bits per heavy atom. The lowest BCUT2D eigenvalue weighted by atomic mass is 9.95. The average molecular weight is 607 g/mol. The molecule has 0 bridgehead atoms. The van der Waals surface area contributed by atoms with Gasteiger partial charge in [0.15, 0.2) is 0 Å². The van der Waals surface area contributed by atoms with E-state index in [1.54, 1.807) is 23.9 Å². The van der Waals surface area contributed by atoms with E-state index in [0.29, 0.717) is 25.0 Å². The van der Waals surface area contributed by atoms with Gasteiger partial charge >= 0.3 is 5.97 Å². The molecule has 8 heteroatoms. The van der Waals surface area contributed by atoms with Gasteiger partial charge in [0.05, 0.1) is 30.0 Å². The summed E-state index contributed by atoms with van der Waals surface area (Å²) in [5, 5.41) is 15.9. The summed E-state index contributed by atoms with van der Waals surface area (Å²) in [7, 11) is 0. The second-order valence-electron chi connectivity index (χ2n) is 11.4. The first-order chi connectivity index (χ1) is 20.9. The Morgan fingerprint density at radius 2 is 1.53 bits per heavy atom. The van der Waals surface area contributed by atoms with E-state index in [1.165, 1.54) is 0 Å². The molecule has 0 aliphatic heterocycles. The highest BCUT2D eigenvalue weighted by Crippen LogP contribution is 2.29. The molecule has 1 saturated carbocycles. The van der Waals surface area contributed by atoms with Gasteiger partial charge in [0.2, 0.25) is 11.8 Å². The van der Waals surface area contributed by atoms with Gasteiger partial charge in [-0.05, 0) is 43.2 Å². The number of benzene rings is 2. The Balaban J connectivity index is 1.64. The highest BCUT2D eigenvalue weighted by Gasteiger charge is 2.35. The van der Waals surface area contributed by atoms with Gasteiger partial charge in [-0.25, -0.2) is 0 Å². The number of thioether (sulfide) groups is 1. The molecule has 0 saturated heterocycles. The number of amides is 2. The number of aliphatic hydroxyl groups excluding tert-OH is 1. The number of hydrogen-bond donors (Lipinski definition) is 3. The first-order valence-corrected chi connectivity index (χ1v) is 16.3. The molecule has 232 valence electrons. The molecular weight excluding hydrogens is 560 g/mol. The van der Waals surface area contributed by atoms with Crippen molar-refractivity contribution >= 4 is 29.5 Å². The molecule has 7 nitrogen and oxygen atoms in total. The highest BCUT2D eigenvalue weighted by atomic mass is 32.2. The molecule has 3 N–H and O–H groups in total. The van der Waals surface area contributed by atoms with Crippen LogP contribution in [0.2, 0.25) is 0 Å². The third-order valence-corrected chi connectivity index (χ3v) is 9.01. The molecule has 1 aliphatic carbocycles. The Hall–Kier alpha value is -3.36. The van der Waals surface area contributed by atoms with E-state index in [4.69, 9.17) is 4.74 Å². The number of esters is 1. The van der Waals surface area contributed by atoms with Crippen LogP contribution in [-0.2, 0) is 31.3 Å². The fraction of sp³-hybridized carbons (Fsp3) is 0.457. The second kappa shape index (κ2) is 18.3. The van der Waals surface area contributed by atoms with Gasteiger partial charge in [-0.1, -0.05) is 85.7 Å². The fourth-order valence-corrected chi connectivity index (χ4v) is 6.45. The molecule has 3 atom stereocenters. The zero-order valence-electron chi connectivity index (χ0n) is 25.0. The standard InChI is InChI=1S/C35H46N2O5S/c1-3-13-29(22-32(39)37-35(26-38)19-11-12-20-35)33(40)36-31(25-43-24-28-17-9-6-10-18-28)23-42-34(41)30(14-4-2)21-27-15-7-5-8-16-27/h3-10,15-18,29-31,38H,1-2,11-14,19-26H2,(H,36,40)(H,37,39)/t29-,30+,31+/m0/s1. The van der Waals surface area contributed by atoms with Crippen LogP contribution in [0.15, 0.2) is 86.0 Å². The smallest absolute Gasteiger partial charge is 0.309 e. The first kappa shape index (κ1) is 34.1. The molecule has 1 fully saturated rings. The predicted molar refractivity (Wildman–Crippen MR) is 173 cm³/mol. The third-order valence-electron chi connectivity index (χ3n) is 7.83. The summed E-state index contributed by atoms with van der Waals surface area (Å²) in [6, 6.07) is 19.4. The molecule has 3 rings (SSSR count). The topological polar surface area (TPSA) is 105 Å². The summed E-state index contributed by atoms with van der Waals surface area (Å²) in [5.41, 5.74) is 1.61. The number of aliphatic hydroxyl groups is 1. The van der Waals surface area contributed by atoms with E-state index in [-0.39, 0.29) is 43.3 Å². The van der Waals surface area contributed by atoms with Crippen molar-refractivity contribution in [1.82, 2.24) is 10.6 Å². The summed E-state index contributed by atoms with van der Waals surface area (Å²) >= 11 is 1.64. The van der Waals surface area contributed by atoms with Crippen molar-refractivity contribution in [1.29, 1.82) is 0 Å². The molecule has 2 amide bonds. The van der Waals surface area contributed by atoms with Crippen LogP contribution >= 0.6 is 11.8 Å². The van der Waals surface area contributed by atoms with Crippen LogP contribution in [0.5, 0.6) is 0 Å². The van der Waals surface area contributed by atoms with E-state index >= 15 is 0 Å². The van der Waals surface area contributed by atoms with Crippen molar-refractivity contribution in [2.75, 3.05) is 19.0 Å². The normalized spacial score (nSPS) is 15.9. The van der Waals surface area contributed by atoms with Crippen LogP contribution in [-0.4, -0.2) is 53.4 Å². The van der Waals surface area contributed by atoms with E-state index in [9.17, 15) is 19.5 Å². The van der Waals surface area contributed by atoms with Crippen molar-refractivity contribution in [2.45, 2.75) is 68.7 Å². The number of allylic oxidation sites excluding steroid dienone is 2. The minimum absolute atomic E-state index is 0.0121. The van der Waals surface area contributed by atoms with Gasteiger partial charge in [-0.2, -0.15) is 11.8 Å². The lowest BCUT2D eigenvalue weighted by Gasteiger charge is -2.29. The SMILES string of the molecule is C=CC[C@@H](CC(=O)NC1(CO)CCCC1)C(=O)N[C@H](COC(=O)[C@H](CC=C)Cc1ccccc1)CSCc1ccccc1. The number of nitrogens with one attached hydrogen (secondary N) is 2. The zero-order valence-corrected chi connectivity index (χ0v) is 25.9. The number of carbonyl (C=O) groups excluding carboxylic acids is 3. The molecule has 0 spiro atoms. The number of ether oxygens (including phenoxy) is 1. The zero-order chi connectivity index (χ0) is 30.9. The monoisotopic (exact) mass is 606 g/mol. The first-order valence-electron chi connectivity index (χ1n) is 15.1. The number of carbonyl (C=O) groups is 3. The van der Waals surface area contributed by atoms with Crippen LogP contribution in [0.1, 0.15) is 56.1 Å². The van der Waals surface area contributed by atoms with Gasteiger partial charge in [0.1, 0.15) is 6.61 Å². The van der Waals surface area contributed by atoms with Gasteiger partial charge in [0, 0.05) is 17.9 Å². The van der Waals surface area contributed by atoms with Crippen LogP contribution in [0.25, 0.3) is 0 Å². The molecule has 2 aromatic rings.